The Kier molecular flexibility index (Phi) is 5.73. The highest BCUT2D eigenvalue weighted by atomic mass is 32.2. The number of alkyl halides is 2. The van der Waals surface area contributed by atoms with Crippen LogP contribution in [-0.2, 0) is 4.79 Å². The average molecular weight is 344 g/mol. The molecule has 0 radical (unpaired) electrons. The molecule has 0 unspecified atom stereocenters. The predicted molar refractivity (Wildman–Crippen MR) is 83.9 cm³/mol. The van der Waals surface area contributed by atoms with E-state index in [1.54, 1.807) is 19.1 Å². The summed E-state index contributed by atoms with van der Waals surface area (Å²) in [5.74, 6) is -0.365. The molecule has 118 valence electrons. The van der Waals surface area contributed by atoms with Gasteiger partial charge in [-0.25, -0.2) is 4.98 Å². The number of thioether (sulfide) groups is 1. The Labute approximate surface area is 134 Å². The number of carbonyl (C=O) groups excluding carboxylic acids is 1. The third kappa shape index (κ3) is 4.67. The van der Waals surface area contributed by atoms with Crippen LogP contribution in [0.15, 0.2) is 34.0 Å². The number of halogens is 2. The van der Waals surface area contributed by atoms with E-state index in [1.165, 1.54) is 35.2 Å². The molecule has 0 saturated carbocycles. The van der Waals surface area contributed by atoms with Crippen LogP contribution < -0.4 is 10.1 Å². The highest BCUT2D eigenvalue weighted by Crippen LogP contribution is 2.29. The first-order valence-corrected chi connectivity index (χ1v) is 8.15. The summed E-state index contributed by atoms with van der Waals surface area (Å²) in [5.41, 5.74) is 1.12. The van der Waals surface area contributed by atoms with E-state index < -0.39 is 11.9 Å². The molecular formula is C14H14F2N2O2S2. The van der Waals surface area contributed by atoms with Crippen LogP contribution in [0.1, 0.15) is 12.6 Å². The molecule has 1 N–H and O–H groups in total. The largest absolute Gasteiger partial charge is 0.433 e. The van der Waals surface area contributed by atoms with Crippen molar-refractivity contribution in [1.29, 1.82) is 0 Å². The summed E-state index contributed by atoms with van der Waals surface area (Å²) in [4.78, 5) is 16.4. The SMILES string of the molecule is Cc1csc(S[C@@H](C)C(=O)Nc2ccccc2OC(F)F)n1. The Hall–Kier alpha value is -1.67. The fourth-order valence-electron chi connectivity index (χ4n) is 1.59. The minimum absolute atomic E-state index is 0.0619. The van der Waals surface area contributed by atoms with E-state index in [0.29, 0.717) is 0 Å². The van der Waals surface area contributed by atoms with E-state index in [4.69, 9.17) is 0 Å². The summed E-state index contributed by atoms with van der Waals surface area (Å²) in [5, 5.41) is 4.09. The standard InChI is InChI=1S/C14H14F2N2O2S2/c1-8-7-21-14(17-8)22-9(2)12(19)18-10-5-3-4-6-11(10)20-13(15)16/h3-7,9,13H,1-2H3,(H,18,19)/t9-/m0/s1. The molecule has 0 aliphatic carbocycles. The second-order valence-electron chi connectivity index (χ2n) is 4.38. The maximum Gasteiger partial charge on any atom is 0.387 e. The van der Waals surface area contributed by atoms with Gasteiger partial charge < -0.3 is 10.1 Å². The second kappa shape index (κ2) is 7.55. The van der Waals surface area contributed by atoms with Crippen molar-refractivity contribution >= 4 is 34.7 Å². The van der Waals surface area contributed by atoms with Crippen LogP contribution in [-0.4, -0.2) is 22.8 Å². The quantitative estimate of drug-likeness (QED) is 0.799. The molecular weight excluding hydrogens is 330 g/mol. The highest BCUT2D eigenvalue weighted by molar-refractivity contribution is 8.02. The van der Waals surface area contributed by atoms with Gasteiger partial charge in [0.25, 0.3) is 0 Å². The van der Waals surface area contributed by atoms with E-state index in [-0.39, 0.29) is 17.3 Å². The lowest BCUT2D eigenvalue weighted by Gasteiger charge is -2.14. The van der Waals surface area contributed by atoms with Gasteiger partial charge in [0.15, 0.2) is 4.34 Å². The molecule has 0 spiro atoms. The minimum atomic E-state index is -2.94. The lowest BCUT2D eigenvalue weighted by molar-refractivity contribution is -0.115. The first kappa shape index (κ1) is 16.7. The summed E-state index contributed by atoms with van der Waals surface area (Å²) >= 11 is 2.78. The van der Waals surface area contributed by atoms with Crippen molar-refractivity contribution < 1.29 is 18.3 Å². The maximum absolute atomic E-state index is 12.3. The molecule has 2 aromatic rings. The molecule has 1 amide bonds. The van der Waals surface area contributed by atoms with Crippen molar-refractivity contribution in [3.63, 3.8) is 0 Å². The van der Waals surface area contributed by atoms with Crippen LogP contribution in [0.25, 0.3) is 0 Å². The molecule has 0 saturated heterocycles. The van der Waals surface area contributed by atoms with Crippen molar-refractivity contribution in [3.05, 3.63) is 35.3 Å². The summed E-state index contributed by atoms with van der Waals surface area (Å²) < 4.78 is 29.9. The zero-order chi connectivity index (χ0) is 16.1. The highest BCUT2D eigenvalue weighted by Gasteiger charge is 2.18. The van der Waals surface area contributed by atoms with Gasteiger partial charge in [0, 0.05) is 11.1 Å². The molecule has 2 rings (SSSR count). The lowest BCUT2D eigenvalue weighted by atomic mass is 10.3. The van der Waals surface area contributed by atoms with Gasteiger partial charge in [0.05, 0.1) is 10.9 Å². The molecule has 0 aliphatic rings. The molecule has 0 bridgehead atoms. The van der Waals surface area contributed by atoms with Crippen molar-refractivity contribution in [3.8, 4) is 5.75 Å². The van der Waals surface area contributed by atoms with Gasteiger partial charge >= 0.3 is 6.61 Å². The Morgan fingerprint density at radius 3 is 2.77 bits per heavy atom. The van der Waals surface area contributed by atoms with Crippen molar-refractivity contribution in [1.82, 2.24) is 4.98 Å². The number of para-hydroxylation sites is 2. The van der Waals surface area contributed by atoms with Gasteiger partial charge in [-0.15, -0.1) is 11.3 Å². The number of nitrogens with one attached hydrogen (secondary N) is 1. The van der Waals surface area contributed by atoms with E-state index in [9.17, 15) is 13.6 Å². The number of hydrogen-bond donors (Lipinski definition) is 1. The molecule has 1 atom stereocenters. The number of aryl methyl sites for hydroxylation is 1. The summed E-state index contributed by atoms with van der Waals surface area (Å²) in [6.45, 7) is 0.666. The maximum atomic E-state index is 12.3. The molecule has 0 aliphatic heterocycles. The van der Waals surface area contributed by atoms with Crippen LogP contribution >= 0.6 is 23.1 Å². The zero-order valence-corrected chi connectivity index (χ0v) is 13.5. The van der Waals surface area contributed by atoms with Crippen LogP contribution in [0.3, 0.4) is 0 Å². The smallest absolute Gasteiger partial charge is 0.387 e. The number of ether oxygens (including phenoxy) is 1. The van der Waals surface area contributed by atoms with Crippen molar-refractivity contribution in [2.24, 2.45) is 0 Å². The molecule has 0 fully saturated rings. The van der Waals surface area contributed by atoms with Crippen LogP contribution in [0.4, 0.5) is 14.5 Å². The third-order valence-electron chi connectivity index (χ3n) is 2.61. The average Bonchev–Trinajstić information content (AvgIpc) is 2.85. The molecule has 8 heteroatoms. The monoisotopic (exact) mass is 344 g/mol. The minimum Gasteiger partial charge on any atom is -0.433 e. The lowest BCUT2D eigenvalue weighted by Crippen LogP contribution is -2.23. The van der Waals surface area contributed by atoms with Gasteiger partial charge in [0.2, 0.25) is 5.91 Å². The molecule has 1 aromatic carbocycles. The molecule has 4 nitrogen and oxygen atoms in total. The summed E-state index contributed by atoms with van der Waals surface area (Å²) in [6.07, 6.45) is 0. The predicted octanol–water partition coefficient (Wildman–Crippen LogP) is 4.17. The van der Waals surface area contributed by atoms with Gasteiger partial charge in [-0.2, -0.15) is 8.78 Å². The number of anilines is 1. The molecule has 1 aromatic heterocycles. The van der Waals surface area contributed by atoms with Crippen LogP contribution in [0.2, 0.25) is 0 Å². The fraction of sp³-hybridized carbons (Fsp3) is 0.286. The Morgan fingerprint density at radius 2 is 2.14 bits per heavy atom. The Morgan fingerprint density at radius 1 is 1.41 bits per heavy atom. The molecule has 1 heterocycles. The van der Waals surface area contributed by atoms with Crippen LogP contribution in [0.5, 0.6) is 5.75 Å². The van der Waals surface area contributed by atoms with Gasteiger partial charge in [-0.05, 0) is 26.0 Å². The fourth-order valence-corrected chi connectivity index (χ4v) is 3.58. The Balaban J connectivity index is 2.02. The summed E-state index contributed by atoms with van der Waals surface area (Å²) in [7, 11) is 0. The normalized spacial score (nSPS) is 12.2. The second-order valence-corrected chi connectivity index (χ2v) is 6.82. The number of nitrogens with zero attached hydrogens (tertiary/aromatic N) is 1. The number of thiazole rings is 1. The number of hydrogen-bond acceptors (Lipinski definition) is 5. The Bertz CT molecular complexity index is 649. The van der Waals surface area contributed by atoms with Crippen molar-refractivity contribution in [2.75, 3.05) is 5.32 Å². The van der Waals surface area contributed by atoms with Crippen molar-refractivity contribution in [2.45, 2.75) is 30.0 Å². The van der Waals surface area contributed by atoms with E-state index in [1.807, 2.05) is 12.3 Å². The zero-order valence-electron chi connectivity index (χ0n) is 11.9. The number of benzene rings is 1. The number of carbonyl (C=O) groups is 1. The first-order chi connectivity index (χ1) is 10.5. The van der Waals surface area contributed by atoms with E-state index >= 15 is 0 Å². The topological polar surface area (TPSA) is 51.2 Å². The number of aromatic nitrogens is 1. The van der Waals surface area contributed by atoms with Gasteiger partial charge in [-0.3, -0.25) is 4.79 Å². The van der Waals surface area contributed by atoms with E-state index in [2.05, 4.69) is 15.0 Å². The first-order valence-electron chi connectivity index (χ1n) is 6.39. The van der Waals surface area contributed by atoms with Gasteiger partial charge in [-0.1, -0.05) is 23.9 Å². The van der Waals surface area contributed by atoms with Gasteiger partial charge in [0.1, 0.15) is 5.75 Å². The number of rotatable bonds is 6. The third-order valence-corrected chi connectivity index (χ3v) is 4.80. The van der Waals surface area contributed by atoms with Crippen LogP contribution in [0, 0.1) is 6.92 Å². The number of amides is 1. The molecule has 22 heavy (non-hydrogen) atoms. The van der Waals surface area contributed by atoms with E-state index in [0.717, 1.165) is 10.0 Å². The summed E-state index contributed by atoms with van der Waals surface area (Å²) in [6, 6.07) is 6.09.